The summed E-state index contributed by atoms with van der Waals surface area (Å²) in [5.41, 5.74) is 5.04. The zero-order valence-corrected chi connectivity index (χ0v) is 16.4. The van der Waals surface area contributed by atoms with Crippen LogP contribution in [0.3, 0.4) is 0 Å². The molecular weight excluding hydrogens is 388 g/mol. The van der Waals surface area contributed by atoms with Crippen LogP contribution in [0.5, 0.6) is 0 Å². The Hall–Kier alpha value is -0.870. The van der Waals surface area contributed by atoms with E-state index in [-0.39, 0.29) is 12.2 Å². The molecule has 0 aromatic heterocycles. The summed E-state index contributed by atoms with van der Waals surface area (Å²) >= 11 is 10.3. The SMILES string of the molecule is CCc1ccc(C2(c3cc(Br)c(COCOC)cc3Cl)CC2)cc1. The second kappa shape index (κ2) is 7.57. The van der Waals surface area contributed by atoms with Gasteiger partial charge in [0, 0.05) is 22.0 Å². The van der Waals surface area contributed by atoms with Gasteiger partial charge in [0.05, 0.1) is 6.61 Å². The number of ether oxygens (including phenoxy) is 2. The van der Waals surface area contributed by atoms with Crippen LogP contribution in [0.4, 0.5) is 0 Å². The molecule has 2 aromatic carbocycles. The summed E-state index contributed by atoms with van der Waals surface area (Å²) < 4.78 is 11.4. The van der Waals surface area contributed by atoms with E-state index in [4.69, 9.17) is 21.1 Å². The number of benzene rings is 2. The van der Waals surface area contributed by atoms with Crippen LogP contribution in [0.15, 0.2) is 40.9 Å². The summed E-state index contributed by atoms with van der Waals surface area (Å²) in [6.45, 7) is 2.94. The first kappa shape index (κ1) is 17.9. The van der Waals surface area contributed by atoms with Crippen LogP contribution in [-0.4, -0.2) is 13.9 Å². The van der Waals surface area contributed by atoms with Crippen LogP contribution in [-0.2, 0) is 27.9 Å². The minimum atomic E-state index is 0.0673. The molecule has 0 aliphatic heterocycles. The third-order valence-corrected chi connectivity index (χ3v) is 5.83. The van der Waals surface area contributed by atoms with E-state index in [1.165, 1.54) is 16.7 Å². The first-order valence-electron chi connectivity index (χ1n) is 8.25. The van der Waals surface area contributed by atoms with Crippen LogP contribution < -0.4 is 0 Å². The van der Waals surface area contributed by atoms with Crippen molar-refractivity contribution in [2.75, 3.05) is 13.9 Å². The van der Waals surface area contributed by atoms with Crippen molar-refractivity contribution in [3.05, 3.63) is 68.1 Å². The Morgan fingerprint density at radius 3 is 2.46 bits per heavy atom. The summed E-state index contributed by atoms with van der Waals surface area (Å²) in [5.74, 6) is 0. The van der Waals surface area contributed by atoms with E-state index in [1.54, 1.807) is 7.11 Å². The highest BCUT2D eigenvalue weighted by Crippen LogP contribution is 2.56. The third kappa shape index (κ3) is 3.55. The fourth-order valence-corrected chi connectivity index (χ4v) is 4.02. The second-order valence-corrected chi connectivity index (χ2v) is 7.57. The van der Waals surface area contributed by atoms with Crippen LogP contribution in [0, 0.1) is 0 Å². The molecule has 0 atom stereocenters. The van der Waals surface area contributed by atoms with Gasteiger partial charge < -0.3 is 9.47 Å². The van der Waals surface area contributed by atoms with Gasteiger partial charge >= 0.3 is 0 Å². The normalized spacial score (nSPS) is 15.5. The Balaban J connectivity index is 1.89. The number of methoxy groups -OCH3 is 1. The molecular formula is C20H22BrClO2. The van der Waals surface area contributed by atoms with Gasteiger partial charge in [-0.05, 0) is 53.6 Å². The lowest BCUT2D eigenvalue weighted by atomic mass is 9.87. The number of halogens is 2. The summed E-state index contributed by atoms with van der Waals surface area (Å²) in [6.07, 6.45) is 3.35. The summed E-state index contributed by atoms with van der Waals surface area (Å²) in [7, 11) is 1.62. The van der Waals surface area contributed by atoms with E-state index in [0.717, 1.165) is 34.3 Å². The molecule has 0 radical (unpaired) electrons. The summed E-state index contributed by atoms with van der Waals surface area (Å²) in [4.78, 5) is 0. The first-order chi connectivity index (χ1) is 11.6. The Kier molecular flexibility index (Phi) is 5.66. The molecule has 2 nitrogen and oxygen atoms in total. The molecule has 1 fully saturated rings. The molecule has 0 spiro atoms. The molecule has 0 unspecified atom stereocenters. The lowest BCUT2D eigenvalue weighted by Gasteiger charge is -2.20. The molecule has 0 heterocycles. The average molecular weight is 410 g/mol. The van der Waals surface area contributed by atoms with Crippen LogP contribution >= 0.6 is 27.5 Å². The van der Waals surface area contributed by atoms with Crippen LogP contribution in [0.25, 0.3) is 0 Å². The standard InChI is InChI=1S/C20H22BrClO2/c1-3-14-4-6-16(7-5-14)20(8-9-20)17-11-18(21)15(10-19(17)22)12-24-13-23-2/h4-7,10-11H,3,8-9,12-13H2,1-2H3. The van der Waals surface area contributed by atoms with E-state index in [1.807, 2.05) is 6.07 Å². The van der Waals surface area contributed by atoms with Gasteiger partial charge in [0.2, 0.25) is 0 Å². The van der Waals surface area contributed by atoms with Crippen molar-refractivity contribution in [1.29, 1.82) is 0 Å². The maximum atomic E-state index is 6.64. The molecule has 24 heavy (non-hydrogen) atoms. The largest absolute Gasteiger partial charge is 0.359 e. The smallest absolute Gasteiger partial charge is 0.146 e. The Morgan fingerprint density at radius 2 is 1.88 bits per heavy atom. The van der Waals surface area contributed by atoms with Gasteiger partial charge in [-0.15, -0.1) is 0 Å². The molecule has 4 heteroatoms. The molecule has 128 valence electrons. The van der Waals surface area contributed by atoms with Gasteiger partial charge in [-0.2, -0.15) is 0 Å². The molecule has 0 bridgehead atoms. The first-order valence-corrected chi connectivity index (χ1v) is 9.42. The Labute approximate surface area is 157 Å². The van der Waals surface area contributed by atoms with Crippen molar-refractivity contribution >= 4 is 27.5 Å². The highest BCUT2D eigenvalue weighted by atomic mass is 79.9. The monoisotopic (exact) mass is 408 g/mol. The molecule has 0 saturated heterocycles. The van der Waals surface area contributed by atoms with E-state index >= 15 is 0 Å². The van der Waals surface area contributed by atoms with Gasteiger partial charge in [-0.25, -0.2) is 0 Å². The van der Waals surface area contributed by atoms with Crippen molar-refractivity contribution in [1.82, 2.24) is 0 Å². The highest BCUT2D eigenvalue weighted by molar-refractivity contribution is 9.10. The topological polar surface area (TPSA) is 18.5 Å². The quantitative estimate of drug-likeness (QED) is 0.421. The van der Waals surface area contributed by atoms with Gasteiger partial charge in [-0.3, -0.25) is 0 Å². The van der Waals surface area contributed by atoms with Crippen molar-refractivity contribution < 1.29 is 9.47 Å². The van der Waals surface area contributed by atoms with E-state index < -0.39 is 0 Å². The van der Waals surface area contributed by atoms with Gasteiger partial charge in [-0.1, -0.05) is 58.7 Å². The maximum absolute atomic E-state index is 6.64. The number of aryl methyl sites for hydroxylation is 1. The minimum Gasteiger partial charge on any atom is -0.359 e. The van der Waals surface area contributed by atoms with E-state index in [2.05, 4.69) is 53.2 Å². The number of rotatable bonds is 7. The highest BCUT2D eigenvalue weighted by Gasteiger charge is 2.47. The molecule has 0 N–H and O–H groups in total. The molecule has 0 amide bonds. The van der Waals surface area contributed by atoms with E-state index in [0.29, 0.717) is 6.61 Å². The third-order valence-electron chi connectivity index (χ3n) is 4.78. The van der Waals surface area contributed by atoms with Crippen molar-refractivity contribution in [3.8, 4) is 0 Å². The zero-order valence-electron chi connectivity index (χ0n) is 14.1. The van der Waals surface area contributed by atoms with Crippen LogP contribution in [0.1, 0.15) is 42.0 Å². The molecule has 1 aliphatic rings. The lowest BCUT2D eigenvalue weighted by Crippen LogP contribution is -2.10. The predicted octanol–water partition coefficient (Wildman–Crippen LogP) is 5.87. The van der Waals surface area contributed by atoms with Crippen LogP contribution in [0.2, 0.25) is 5.02 Å². The minimum absolute atomic E-state index is 0.0673. The maximum Gasteiger partial charge on any atom is 0.146 e. The molecule has 1 saturated carbocycles. The fraction of sp³-hybridized carbons (Fsp3) is 0.400. The molecule has 3 rings (SSSR count). The zero-order chi connectivity index (χ0) is 17.2. The molecule has 1 aliphatic carbocycles. The van der Waals surface area contributed by atoms with Crippen molar-refractivity contribution in [2.24, 2.45) is 0 Å². The van der Waals surface area contributed by atoms with Gasteiger partial charge in [0.1, 0.15) is 6.79 Å². The second-order valence-electron chi connectivity index (χ2n) is 6.31. The summed E-state index contributed by atoms with van der Waals surface area (Å²) in [5, 5.41) is 0.811. The predicted molar refractivity (Wildman–Crippen MR) is 102 cm³/mol. The number of hydrogen-bond acceptors (Lipinski definition) is 2. The summed E-state index contributed by atoms with van der Waals surface area (Å²) in [6, 6.07) is 13.1. The average Bonchev–Trinajstić information content (AvgIpc) is 3.39. The Bertz CT molecular complexity index is 708. The van der Waals surface area contributed by atoms with Crippen molar-refractivity contribution in [3.63, 3.8) is 0 Å². The van der Waals surface area contributed by atoms with Crippen molar-refractivity contribution in [2.45, 2.75) is 38.2 Å². The number of hydrogen-bond donors (Lipinski definition) is 0. The molecule has 2 aromatic rings. The van der Waals surface area contributed by atoms with Gasteiger partial charge in [0.25, 0.3) is 0 Å². The van der Waals surface area contributed by atoms with Gasteiger partial charge in [0.15, 0.2) is 0 Å². The lowest BCUT2D eigenvalue weighted by molar-refractivity contribution is -0.0392. The van der Waals surface area contributed by atoms with E-state index in [9.17, 15) is 0 Å². The Morgan fingerprint density at radius 1 is 1.17 bits per heavy atom. The fourth-order valence-electron chi connectivity index (χ4n) is 3.20.